The normalized spacial score (nSPS) is 15.0. The summed E-state index contributed by atoms with van der Waals surface area (Å²) < 4.78 is 0. The zero-order valence-corrected chi connectivity index (χ0v) is 55.7. The van der Waals surface area contributed by atoms with Crippen LogP contribution in [0.25, 0.3) is 0 Å². The van der Waals surface area contributed by atoms with Crippen molar-refractivity contribution in [2.45, 2.75) is 26.2 Å². The lowest BCUT2D eigenvalue weighted by atomic mass is 10.1. The molecule has 2 aliphatic rings. The van der Waals surface area contributed by atoms with Gasteiger partial charge in [-0.15, -0.1) is 0 Å². The van der Waals surface area contributed by atoms with Crippen molar-refractivity contribution in [1.29, 1.82) is 0 Å². The Morgan fingerprint density at radius 3 is 0.772 bits per heavy atom. The number of pyridine rings is 2. The van der Waals surface area contributed by atoms with Crippen LogP contribution in [0.1, 0.15) is 43.5 Å². The molecule has 2 fully saturated rings. The Morgan fingerprint density at radius 1 is 0.327 bits per heavy atom. The van der Waals surface area contributed by atoms with Gasteiger partial charge in [-0.05, 0) is 36.4 Å². The predicted octanol–water partition coefficient (Wildman–Crippen LogP) is -1.97. The van der Waals surface area contributed by atoms with Gasteiger partial charge in [0.25, 0.3) is 0 Å². The predicted molar refractivity (Wildman–Crippen MR) is 356 cm³/mol. The van der Waals surface area contributed by atoms with Crippen LogP contribution in [0.4, 0.5) is 0 Å². The maximum absolute atomic E-state index is 11.2. The van der Waals surface area contributed by atoms with Crippen molar-refractivity contribution in [3.8, 4) is 11.5 Å². The fourth-order valence-corrected chi connectivity index (χ4v) is 10.1. The molecule has 2 aromatic heterocycles. The number of phenols is 2. The molecular formula is C64H91N13O24. The lowest BCUT2D eigenvalue weighted by Gasteiger charge is -2.32. The second-order valence-corrected chi connectivity index (χ2v) is 23.1. The SMILES string of the molecule is O=C(O)CN(CCN(CC(=O)O)Cc1ccccc1O)Cc1ccccc1O.O=C(O)CN1CCN(CC(=O)O)CCN(CC(=O)O)CC1.O=C(O)CN1CCN(CC(=O)O)CCN(CC(=O)O)CCN(CC(=O)O)CC1.O=C(O)c1cccc(CNCCNCc2cccc(C(=O)O)n2)n1. The first-order valence-electron chi connectivity index (χ1n) is 31.7. The summed E-state index contributed by atoms with van der Waals surface area (Å²) in [6.45, 7) is 6.53. The third-order valence-electron chi connectivity index (χ3n) is 15.0. The molecule has 37 heteroatoms. The molecule has 2 aromatic carbocycles. The van der Waals surface area contributed by atoms with E-state index in [1.165, 1.54) is 24.3 Å². The van der Waals surface area contributed by atoms with Crippen molar-refractivity contribution in [3.05, 3.63) is 119 Å². The van der Waals surface area contributed by atoms with Gasteiger partial charge in [0.05, 0.1) is 70.3 Å². The molecule has 0 bridgehead atoms. The van der Waals surface area contributed by atoms with Crippen LogP contribution in [0.5, 0.6) is 11.5 Å². The summed E-state index contributed by atoms with van der Waals surface area (Å²) in [7, 11) is 0. The topological polar surface area (TPSA) is 530 Å². The summed E-state index contributed by atoms with van der Waals surface area (Å²) in [5.74, 6) is -10.9. The van der Waals surface area contributed by atoms with Crippen molar-refractivity contribution in [2.24, 2.45) is 0 Å². The molecule has 2 saturated heterocycles. The van der Waals surface area contributed by atoms with Crippen LogP contribution in [0.3, 0.4) is 0 Å². The number of carbonyl (C=O) groups is 11. The molecule has 0 aliphatic carbocycles. The van der Waals surface area contributed by atoms with Crippen molar-refractivity contribution < 1.29 is 119 Å². The fourth-order valence-electron chi connectivity index (χ4n) is 10.1. The average molecular weight is 1430 g/mol. The minimum atomic E-state index is -1.05. The Hall–Kier alpha value is -9.93. The van der Waals surface area contributed by atoms with E-state index < -0.39 is 65.7 Å². The highest BCUT2D eigenvalue weighted by Gasteiger charge is 2.24. The molecule has 4 aromatic rings. The number of benzene rings is 2. The maximum Gasteiger partial charge on any atom is 0.354 e. The van der Waals surface area contributed by atoms with Gasteiger partial charge in [0.15, 0.2) is 0 Å². The molecule has 0 radical (unpaired) electrons. The number of carboxylic acids is 11. The van der Waals surface area contributed by atoms with Crippen molar-refractivity contribution in [2.75, 3.05) is 177 Å². The van der Waals surface area contributed by atoms with Crippen molar-refractivity contribution in [3.63, 3.8) is 0 Å². The fraction of sp³-hybridized carbons (Fsp3) is 0.484. The summed E-state index contributed by atoms with van der Waals surface area (Å²) in [4.78, 5) is 144. The molecule has 37 nitrogen and oxygen atoms in total. The van der Waals surface area contributed by atoms with Gasteiger partial charge >= 0.3 is 65.7 Å². The minimum absolute atomic E-state index is 0.0248. The van der Waals surface area contributed by atoms with Crippen molar-refractivity contribution >= 4 is 65.7 Å². The highest BCUT2D eigenvalue weighted by Crippen LogP contribution is 2.20. The molecule has 4 heterocycles. The molecule has 0 amide bonds. The summed E-state index contributed by atoms with van der Waals surface area (Å²) in [6, 6.07) is 23.1. The van der Waals surface area contributed by atoms with Gasteiger partial charge in [0.2, 0.25) is 0 Å². The first-order chi connectivity index (χ1) is 47.9. The van der Waals surface area contributed by atoms with Crippen LogP contribution in [0, 0.1) is 0 Å². The van der Waals surface area contributed by atoms with Gasteiger partial charge in [-0.1, -0.05) is 48.5 Å². The summed E-state index contributed by atoms with van der Waals surface area (Å²) in [6.07, 6.45) is 0. The molecule has 15 N–H and O–H groups in total. The number of rotatable bonds is 34. The standard InChI is InChI=1S/C20H24N2O6.C16H28N4O8.C16H18N4O4.C12H21N3O6/c23-17-7-3-1-5-15(17)11-21(13-19(25)26)9-10-22(14-20(27)28)12-16-6-2-4-8-18(16)24;21-13(22)9-17-1-2-18(10-14(23)24)5-6-20(12-16(27)28)8-7-19(4-3-17)11-15(25)26;21-15(22)13-5-1-3-11(19-13)9-17-7-8-18-10-12-4-2-6-14(20-12)16(23)24;16-10(17)7-13-1-2-14(8-11(18)19)5-6-15(4-3-13)9-12(20)21/h1-8,23-24H,9-14H2,(H,25,26)(H,27,28);1-12H2,(H,21,22)(H,23,24)(H,25,26)(H,27,28);1-6,17-18H,7-10H2,(H,21,22)(H,23,24);1-9H2,(H,16,17)(H,18,19)(H,20,21). The van der Waals surface area contributed by atoms with Crippen molar-refractivity contribution in [1.82, 2.24) is 64.7 Å². The smallest absolute Gasteiger partial charge is 0.354 e. The Balaban J connectivity index is 0.000000352. The number of aromatic nitrogens is 2. The lowest BCUT2D eigenvalue weighted by Crippen LogP contribution is -2.49. The molecule has 6 rings (SSSR count). The van der Waals surface area contributed by atoms with E-state index in [9.17, 15) is 63.0 Å². The van der Waals surface area contributed by atoms with Crippen LogP contribution in [-0.2, 0) is 69.3 Å². The number of nitrogens with one attached hydrogen (secondary N) is 2. The zero-order chi connectivity index (χ0) is 74.8. The molecule has 101 heavy (non-hydrogen) atoms. The Bertz CT molecular complexity index is 3010. The number of aromatic carboxylic acids is 2. The second kappa shape index (κ2) is 47.2. The average Bonchev–Trinajstić information content (AvgIpc) is 1.49. The quantitative estimate of drug-likeness (QED) is 0.0226. The molecule has 556 valence electrons. The summed E-state index contributed by atoms with van der Waals surface area (Å²) in [5, 5.41) is 125. The Morgan fingerprint density at radius 2 is 0.564 bits per heavy atom. The largest absolute Gasteiger partial charge is 0.508 e. The third kappa shape index (κ3) is 39.5. The van der Waals surface area contributed by atoms with Gasteiger partial charge in [-0.25, -0.2) is 19.6 Å². The number of nitrogens with zero attached hydrogens (tertiary/aromatic N) is 11. The van der Waals surface area contributed by atoms with E-state index in [0.717, 1.165) is 0 Å². The van der Waals surface area contributed by atoms with Crippen LogP contribution in [0.15, 0.2) is 84.9 Å². The Labute approximate surface area is 580 Å². The van der Waals surface area contributed by atoms with E-state index >= 15 is 0 Å². The number of hydrogen-bond acceptors (Lipinski definition) is 26. The van der Waals surface area contributed by atoms with Crippen LogP contribution < -0.4 is 10.6 Å². The number of aromatic hydroxyl groups is 2. The number of phenolic OH excluding ortho intramolecular Hbond substituents is 2. The number of carboxylic acid groups (broad SMARTS) is 11. The summed E-state index contributed by atoms with van der Waals surface area (Å²) in [5.41, 5.74) is 2.55. The van der Waals surface area contributed by atoms with Gasteiger partial charge in [-0.2, -0.15) is 0 Å². The van der Waals surface area contributed by atoms with Gasteiger partial charge in [0, 0.05) is 155 Å². The Kier molecular flexibility index (Phi) is 39.8. The molecule has 0 spiro atoms. The van der Waals surface area contributed by atoms with Gasteiger partial charge in [-0.3, -0.25) is 87.3 Å². The first-order valence-corrected chi connectivity index (χ1v) is 31.7. The zero-order valence-electron chi connectivity index (χ0n) is 55.7. The minimum Gasteiger partial charge on any atom is -0.508 e. The van der Waals surface area contributed by atoms with E-state index in [1.807, 2.05) is 0 Å². The van der Waals surface area contributed by atoms with Crippen LogP contribution in [-0.4, -0.2) is 363 Å². The first kappa shape index (κ1) is 85.3. The van der Waals surface area contributed by atoms with Gasteiger partial charge < -0.3 is 77.0 Å². The molecule has 2 aliphatic heterocycles. The van der Waals surface area contributed by atoms with E-state index in [2.05, 4.69) is 20.6 Å². The highest BCUT2D eigenvalue weighted by atomic mass is 16.4. The highest BCUT2D eigenvalue weighted by molar-refractivity contribution is 5.85. The number of aliphatic carboxylic acids is 9. The molecule has 0 saturated carbocycles. The number of hydrogen-bond donors (Lipinski definition) is 15. The van der Waals surface area contributed by atoms with E-state index in [4.69, 9.17) is 56.2 Å². The monoisotopic (exact) mass is 1430 g/mol. The summed E-state index contributed by atoms with van der Waals surface area (Å²) >= 11 is 0. The third-order valence-corrected chi connectivity index (χ3v) is 15.0. The van der Waals surface area contributed by atoms with Gasteiger partial charge in [0.1, 0.15) is 22.9 Å². The molecule has 0 unspecified atom stereocenters. The van der Waals surface area contributed by atoms with Crippen LogP contribution in [0.2, 0.25) is 0 Å². The molecule has 0 atom stereocenters. The van der Waals surface area contributed by atoms with Crippen LogP contribution >= 0.6 is 0 Å². The van der Waals surface area contributed by atoms with E-state index in [1.54, 1.807) is 105 Å². The second-order valence-electron chi connectivity index (χ2n) is 23.1. The molecular weight excluding hydrogens is 1330 g/mol. The van der Waals surface area contributed by atoms with E-state index in [0.29, 0.717) is 140 Å². The maximum atomic E-state index is 11.2. The lowest BCUT2D eigenvalue weighted by molar-refractivity contribution is -0.141. The number of para-hydroxylation sites is 2. The van der Waals surface area contributed by atoms with E-state index in [-0.39, 0.29) is 108 Å².